The second-order valence-corrected chi connectivity index (χ2v) is 7.80. The molecule has 3 rings (SSSR count). The number of nitrogens with zero attached hydrogens (tertiary/aromatic N) is 1. The molecule has 2 aromatic carbocycles. The molecule has 1 aliphatic heterocycles. The van der Waals surface area contributed by atoms with Gasteiger partial charge in [0.15, 0.2) is 0 Å². The molecule has 1 N–H and O–H groups in total. The average Bonchev–Trinajstić information content (AvgIpc) is 2.75. The van der Waals surface area contributed by atoms with Crippen LogP contribution in [0.2, 0.25) is 0 Å². The Morgan fingerprint density at radius 1 is 1.03 bits per heavy atom. The number of hydrogen-bond donors (Lipinski definition) is 1. The molecule has 2 amide bonds. The number of para-hydroxylation sites is 1. The van der Waals surface area contributed by atoms with Gasteiger partial charge in [-0.1, -0.05) is 42.1 Å². The Morgan fingerprint density at radius 2 is 1.69 bits per heavy atom. The molecule has 0 aliphatic carbocycles. The lowest BCUT2D eigenvalue weighted by atomic mass is 9.97. The predicted octanol–water partition coefficient (Wildman–Crippen LogP) is 3.58. The van der Waals surface area contributed by atoms with Crippen LogP contribution in [0.25, 0.3) is 0 Å². The van der Waals surface area contributed by atoms with E-state index >= 15 is 0 Å². The number of benzene rings is 2. The van der Waals surface area contributed by atoms with E-state index in [1.807, 2.05) is 48.5 Å². The molecule has 7 heteroatoms. The Morgan fingerprint density at radius 3 is 2.38 bits per heavy atom. The monoisotopic (exact) mass is 412 g/mol. The molecule has 2 aromatic rings. The maximum Gasteiger partial charge on any atom is 0.313 e. The van der Waals surface area contributed by atoms with E-state index in [4.69, 9.17) is 4.74 Å². The van der Waals surface area contributed by atoms with Gasteiger partial charge in [0, 0.05) is 22.9 Å². The standard InChI is InChI=1S/C22H24N2O4S/c1-2-28-22(27)16-12-14-24(15-13-16)21(26)20(25)23-18-10-6-7-11-19(18)29-17-8-4-3-5-9-17/h3-11,16H,2,12-15H2,1H3,(H,23,25). The Hall–Kier alpha value is -2.80. The van der Waals surface area contributed by atoms with Gasteiger partial charge in [-0.25, -0.2) is 0 Å². The van der Waals surface area contributed by atoms with Crippen molar-refractivity contribution >= 4 is 35.2 Å². The predicted molar refractivity (Wildman–Crippen MR) is 112 cm³/mol. The van der Waals surface area contributed by atoms with E-state index in [9.17, 15) is 14.4 Å². The van der Waals surface area contributed by atoms with Crippen molar-refractivity contribution in [3.8, 4) is 0 Å². The van der Waals surface area contributed by atoms with Gasteiger partial charge in [-0.2, -0.15) is 0 Å². The molecule has 0 aromatic heterocycles. The van der Waals surface area contributed by atoms with E-state index in [0.717, 1.165) is 9.79 Å². The number of rotatable bonds is 5. The molecule has 0 atom stereocenters. The molecule has 1 aliphatic rings. The van der Waals surface area contributed by atoms with Crippen molar-refractivity contribution in [2.24, 2.45) is 5.92 Å². The van der Waals surface area contributed by atoms with Crippen molar-refractivity contribution in [2.45, 2.75) is 29.6 Å². The van der Waals surface area contributed by atoms with E-state index in [-0.39, 0.29) is 11.9 Å². The minimum atomic E-state index is -0.666. The number of esters is 1. The first kappa shape index (κ1) is 20.9. The molecule has 0 unspecified atom stereocenters. The first-order valence-electron chi connectivity index (χ1n) is 9.67. The summed E-state index contributed by atoms with van der Waals surface area (Å²) in [4.78, 5) is 40.3. The Bertz CT molecular complexity index is 864. The maximum atomic E-state index is 12.6. The van der Waals surface area contributed by atoms with Gasteiger partial charge in [0.25, 0.3) is 0 Å². The highest BCUT2D eigenvalue weighted by atomic mass is 32.2. The SMILES string of the molecule is CCOC(=O)C1CCN(C(=O)C(=O)Nc2ccccc2Sc2ccccc2)CC1. The lowest BCUT2D eigenvalue weighted by molar-refractivity contribution is -0.152. The topological polar surface area (TPSA) is 75.7 Å². The van der Waals surface area contributed by atoms with Gasteiger partial charge < -0.3 is 15.0 Å². The van der Waals surface area contributed by atoms with Crippen LogP contribution in [0.1, 0.15) is 19.8 Å². The number of carbonyl (C=O) groups excluding carboxylic acids is 3. The number of anilines is 1. The van der Waals surface area contributed by atoms with Crippen LogP contribution in [-0.4, -0.2) is 42.4 Å². The van der Waals surface area contributed by atoms with Crippen LogP contribution in [0, 0.1) is 5.92 Å². The van der Waals surface area contributed by atoms with Gasteiger partial charge in [-0.05, 0) is 44.0 Å². The molecule has 6 nitrogen and oxygen atoms in total. The lowest BCUT2D eigenvalue weighted by Gasteiger charge is -2.30. The van der Waals surface area contributed by atoms with Gasteiger partial charge in [0.05, 0.1) is 18.2 Å². The van der Waals surface area contributed by atoms with Crippen LogP contribution in [-0.2, 0) is 19.1 Å². The van der Waals surface area contributed by atoms with Gasteiger partial charge >= 0.3 is 17.8 Å². The molecule has 1 heterocycles. The fraction of sp³-hybridized carbons (Fsp3) is 0.318. The summed E-state index contributed by atoms with van der Waals surface area (Å²) in [5.74, 6) is -1.67. The third kappa shape index (κ3) is 5.60. The Balaban J connectivity index is 1.59. The molecule has 152 valence electrons. The first-order valence-corrected chi connectivity index (χ1v) is 10.5. The summed E-state index contributed by atoms with van der Waals surface area (Å²) in [5.41, 5.74) is 0.598. The lowest BCUT2D eigenvalue weighted by Crippen LogP contribution is -2.45. The number of likely N-dealkylation sites (tertiary alicyclic amines) is 1. The Labute approximate surface area is 174 Å². The Kier molecular flexibility index (Phi) is 7.30. The highest BCUT2D eigenvalue weighted by Crippen LogP contribution is 2.33. The highest BCUT2D eigenvalue weighted by Gasteiger charge is 2.31. The van der Waals surface area contributed by atoms with Gasteiger partial charge in [0.1, 0.15) is 0 Å². The summed E-state index contributed by atoms with van der Waals surface area (Å²) < 4.78 is 5.04. The zero-order chi connectivity index (χ0) is 20.6. The molecular formula is C22H24N2O4S. The van der Waals surface area contributed by atoms with E-state index in [1.165, 1.54) is 16.7 Å². The summed E-state index contributed by atoms with van der Waals surface area (Å²) in [6, 6.07) is 17.2. The fourth-order valence-corrected chi connectivity index (χ4v) is 4.09. The van der Waals surface area contributed by atoms with Crippen LogP contribution < -0.4 is 5.32 Å². The highest BCUT2D eigenvalue weighted by molar-refractivity contribution is 7.99. The molecule has 0 bridgehead atoms. The minimum absolute atomic E-state index is 0.204. The smallest absolute Gasteiger partial charge is 0.313 e. The van der Waals surface area contributed by atoms with Crippen LogP contribution in [0.4, 0.5) is 5.69 Å². The van der Waals surface area contributed by atoms with Gasteiger partial charge in [0.2, 0.25) is 0 Å². The van der Waals surface area contributed by atoms with Crippen molar-refractivity contribution in [2.75, 3.05) is 25.0 Å². The second-order valence-electron chi connectivity index (χ2n) is 6.68. The summed E-state index contributed by atoms with van der Waals surface area (Å²) >= 11 is 1.52. The molecule has 0 radical (unpaired) electrons. The van der Waals surface area contributed by atoms with Crippen molar-refractivity contribution in [1.29, 1.82) is 0 Å². The number of amides is 2. The van der Waals surface area contributed by atoms with E-state index in [1.54, 1.807) is 13.0 Å². The van der Waals surface area contributed by atoms with Crippen LogP contribution in [0.15, 0.2) is 64.4 Å². The quantitative estimate of drug-likeness (QED) is 0.600. The minimum Gasteiger partial charge on any atom is -0.466 e. The molecule has 0 saturated carbocycles. The maximum absolute atomic E-state index is 12.6. The van der Waals surface area contributed by atoms with Crippen molar-refractivity contribution < 1.29 is 19.1 Å². The van der Waals surface area contributed by atoms with Gasteiger partial charge in [-0.15, -0.1) is 0 Å². The fourth-order valence-electron chi connectivity index (χ4n) is 3.17. The summed E-state index contributed by atoms with van der Waals surface area (Å²) in [6.45, 7) is 2.86. The van der Waals surface area contributed by atoms with Crippen LogP contribution in [0.5, 0.6) is 0 Å². The average molecular weight is 413 g/mol. The number of nitrogens with one attached hydrogen (secondary N) is 1. The van der Waals surface area contributed by atoms with Crippen LogP contribution >= 0.6 is 11.8 Å². The van der Waals surface area contributed by atoms with Crippen LogP contribution in [0.3, 0.4) is 0 Å². The zero-order valence-corrected chi connectivity index (χ0v) is 17.1. The molecule has 1 fully saturated rings. The van der Waals surface area contributed by atoms with E-state index in [2.05, 4.69) is 5.32 Å². The molecule has 0 spiro atoms. The van der Waals surface area contributed by atoms with E-state index < -0.39 is 11.8 Å². The van der Waals surface area contributed by atoms with Crippen molar-refractivity contribution in [1.82, 2.24) is 4.90 Å². The van der Waals surface area contributed by atoms with E-state index in [0.29, 0.717) is 38.2 Å². The second kappa shape index (κ2) is 10.1. The third-order valence-corrected chi connectivity index (χ3v) is 5.79. The normalized spacial score (nSPS) is 14.3. The summed E-state index contributed by atoms with van der Waals surface area (Å²) in [7, 11) is 0. The zero-order valence-electron chi connectivity index (χ0n) is 16.3. The van der Waals surface area contributed by atoms with Crippen molar-refractivity contribution in [3.05, 3.63) is 54.6 Å². The number of hydrogen-bond acceptors (Lipinski definition) is 5. The number of carbonyl (C=O) groups is 3. The number of ether oxygens (including phenoxy) is 1. The molecule has 29 heavy (non-hydrogen) atoms. The summed E-state index contributed by atoms with van der Waals surface area (Å²) in [6.07, 6.45) is 1.02. The summed E-state index contributed by atoms with van der Waals surface area (Å²) in [5, 5.41) is 2.74. The van der Waals surface area contributed by atoms with Crippen molar-refractivity contribution in [3.63, 3.8) is 0 Å². The largest absolute Gasteiger partial charge is 0.466 e. The first-order chi connectivity index (χ1) is 14.1. The molecule has 1 saturated heterocycles. The third-order valence-electron chi connectivity index (χ3n) is 4.70. The molecular weight excluding hydrogens is 388 g/mol. The number of piperidine rings is 1. The van der Waals surface area contributed by atoms with Gasteiger partial charge in [-0.3, -0.25) is 14.4 Å².